The Hall–Kier alpha value is -1.52. The normalized spacial score (nSPS) is 21.9. The molecule has 5 heteroatoms. The maximum atomic E-state index is 13.5. The molecular weight excluding hydrogens is 257 g/mol. The molecule has 1 atom stereocenters. The minimum Gasteiger partial charge on any atom is -0.490 e. The molecule has 0 saturated heterocycles. The molecule has 104 valence electrons. The van der Waals surface area contributed by atoms with Crippen LogP contribution in [0.15, 0.2) is 18.2 Å². The van der Waals surface area contributed by atoms with E-state index in [0.29, 0.717) is 19.1 Å². The number of rotatable bonds is 4. The molecule has 0 bridgehead atoms. The summed E-state index contributed by atoms with van der Waals surface area (Å²) >= 11 is 0. The number of carbonyl (C=O) groups is 1. The van der Waals surface area contributed by atoms with Crippen molar-refractivity contribution in [3.63, 3.8) is 0 Å². The van der Waals surface area contributed by atoms with Crippen molar-refractivity contribution in [2.24, 2.45) is 5.92 Å². The summed E-state index contributed by atoms with van der Waals surface area (Å²) in [6.07, 6.45) is 1.39. The van der Waals surface area contributed by atoms with Crippen molar-refractivity contribution >= 4 is 6.29 Å². The molecule has 1 aromatic carbocycles. The lowest BCUT2D eigenvalue weighted by atomic mass is 9.87. The standard InChI is InChI=1S/C14H15F3O2/c15-12-6-10(8-18)3-4-13(12)19-9-11-2-1-5-14(16,17)7-11/h3-4,6,8,11H,1-2,5,7,9H2. The van der Waals surface area contributed by atoms with Crippen molar-refractivity contribution in [1.82, 2.24) is 0 Å². The number of halogens is 3. The van der Waals surface area contributed by atoms with Gasteiger partial charge in [0, 0.05) is 18.4 Å². The second-order valence-electron chi connectivity index (χ2n) is 4.94. The molecule has 0 radical (unpaired) electrons. The Bertz CT molecular complexity index is 460. The highest BCUT2D eigenvalue weighted by Crippen LogP contribution is 2.36. The van der Waals surface area contributed by atoms with Crippen LogP contribution in [0.3, 0.4) is 0 Å². The van der Waals surface area contributed by atoms with Gasteiger partial charge in [0.15, 0.2) is 11.6 Å². The Balaban J connectivity index is 1.93. The summed E-state index contributed by atoms with van der Waals surface area (Å²) in [5.41, 5.74) is 0.217. The van der Waals surface area contributed by atoms with Gasteiger partial charge in [-0.3, -0.25) is 4.79 Å². The molecule has 2 nitrogen and oxygen atoms in total. The van der Waals surface area contributed by atoms with Crippen molar-refractivity contribution in [1.29, 1.82) is 0 Å². The summed E-state index contributed by atoms with van der Waals surface area (Å²) in [5, 5.41) is 0. The molecule has 0 amide bonds. The molecule has 0 heterocycles. The number of hydrogen-bond acceptors (Lipinski definition) is 2. The largest absolute Gasteiger partial charge is 0.490 e. The smallest absolute Gasteiger partial charge is 0.248 e. The van der Waals surface area contributed by atoms with Crippen LogP contribution in [0.4, 0.5) is 13.2 Å². The third kappa shape index (κ3) is 3.72. The molecule has 1 fully saturated rings. The van der Waals surface area contributed by atoms with Crippen molar-refractivity contribution in [2.45, 2.75) is 31.6 Å². The summed E-state index contributed by atoms with van der Waals surface area (Å²) in [4.78, 5) is 10.5. The molecule has 1 aliphatic carbocycles. The number of aldehydes is 1. The molecule has 0 aliphatic heterocycles. The van der Waals surface area contributed by atoms with Gasteiger partial charge < -0.3 is 4.74 Å². The summed E-state index contributed by atoms with van der Waals surface area (Å²) < 4.78 is 45.1. The zero-order valence-electron chi connectivity index (χ0n) is 10.4. The molecule has 1 aromatic rings. The monoisotopic (exact) mass is 272 g/mol. The highest BCUT2D eigenvalue weighted by molar-refractivity contribution is 5.74. The molecule has 1 aliphatic rings. The second kappa shape index (κ2) is 5.63. The van der Waals surface area contributed by atoms with Gasteiger partial charge in [0.05, 0.1) is 6.61 Å². The molecule has 0 spiro atoms. The van der Waals surface area contributed by atoms with Crippen LogP contribution < -0.4 is 4.74 Å². The fourth-order valence-corrected chi connectivity index (χ4v) is 2.33. The van der Waals surface area contributed by atoms with Crippen molar-refractivity contribution in [3.8, 4) is 5.75 Å². The maximum absolute atomic E-state index is 13.5. The predicted molar refractivity (Wildman–Crippen MR) is 64.2 cm³/mol. The minimum absolute atomic E-state index is 0.000472. The lowest BCUT2D eigenvalue weighted by Gasteiger charge is -2.28. The van der Waals surface area contributed by atoms with Crippen LogP contribution in [0, 0.1) is 11.7 Å². The van der Waals surface area contributed by atoms with Crippen molar-refractivity contribution in [3.05, 3.63) is 29.6 Å². The zero-order chi connectivity index (χ0) is 13.9. The highest BCUT2D eigenvalue weighted by Gasteiger charge is 2.36. The van der Waals surface area contributed by atoms with Crippen LogP contribution >= 0.6 is 0 Å². The third-order valence-corrected chi connectivity index (χ3v) is 3.31. The first kappa shape index (κ1) is 13.9. The second-order valence-corrected chi connectivity index (χ2v) is 4.94. The number of carbonyl (C=O) groups excluding carboxylic acids is 1. The molecule has 19 heavy (non-hydrogen) atoms. The van der Waals surface area contributed by atoms with Gasteiger partial charge in [-0.05, 0) is 37.0 Å². The van der Waals surface area contributed by atoms with E-state index < -0.39 is 11.7 Å². The van der Waals surface area contributed by atoms with Crippen LogP contribution in [0.1, 0.15) is 36.0 Å². The zero-order valence-corrected chi connectivity index (χ0v) is 10.4. The topological polar surface area (TPSA) is 26.3 Å². The van der Waals surface area contributed by atoms with Crippen molar-refractivity contribution < 1.29 is 22.7 Å². The van der Waals surface area contributed by atoms with Gasteiger partial charge in [-0.1, -0.05) is 0 Å². The summed E-state index contributed by atoms with van der Waals surface area (Å²) in [6.45, 7) is 0.0763. The Kier molecular flexibility index (Phi) is 4.12. The highest BCUT2D eigenvalue weighted by atomic mass is 19.3. The van der Waals surface area contributed by atoms with E-state index in [0.717, 1.165) is 6.07 Å². The molecular formula is C14H15F3O2. The fourth-order valence-electron chi connectivity index (χ4n) is 2.33. The van der Waals surface area contributed by atoms with Gasteiger partial charge >= 0.3 is 0 Å². The van der Waals surface area contributed by atoms with Gasteiger partial charge in [0.1, 0.15) is 6.29 Å². The lowest BCUT2D eigenvalue weighted by Crippen LogP contribution is -2.29. The first-order chi connectivity index (χ1) is 9.00. The third-order valence-electron chi connectivity index (χ3n) is 3.31. The van der Waals surface area contributed by atoms with Crippen LogP contribution in [0.5, 0.6) is 5.75 Å². The van der Waals surface area contributed by atoms with Crippen LogP contribution in [-0.4, -0.2) is 18.8 Å². The van der Waals surface area contributed by atoms with Gasteiger partial charge in [-0.2, -0.15) is 0 Å². The minimum atomic E-state index is -2.63. The number of alkyl halides is 2. The van der Waals surface area contributed by atoms with E-state index in [1.54, 1.807) is 0 Å². The van der Waals surface area contributed by atoms with Gasteiger partial charge in [-0.25, -0.2) is 13.2 Å². The molecule has 0 aromatic heterocycles. The van der Waals surface area contributed by atoms with Gasteiger partial charge in [-0.15, -0.1) is 0 Å². The SMILES string of the molecule is O=Cc1ccc(OCC2CCCC(F)(F)C2)c(F)c1. The van der Waals surface area contributed by atoms with E-state index in [9.17, 15) is 18.0 Å². The van der Waals surface area contributed by atoms with E-state index >= 15 is 0 Å². The molecule has 0 N–H and O–H groups in total. The first-order valence-electron chi connectivity index (χ1n) is 6.25. The van der Waals surface area contributed by atoms with E-state index in [1.165, 1.54) is 12.1 Å². The molecule has 1 saturated carbocycles. The lowest BCUT2D eigenvalue weighted by molar-refractivity contribution is -0.0586. The van der Waals surface area contributed by atoms with E-state index in [1.807, 2.05) is 0 Å². The maximum Gasteiger partial charge on any atom is 0.248 e. The Labute approximate surface area is 109 Å². The van der Waals surface area contributed by atoms with Crippen LogP contribution in [0.2, 0.25) is 0 Å². The summed E-state index contributed by atoms with van der Waals surface area (Å²) in [6, 6.07) is 3.85. The number of ether oxygens (including phenoxy) is 1. The Morgan fingerprint density at radius 2 is 2.21 bits per heavy atom. The van der Waals surface area contributed by atoms with E-state index in [4.69, 9.17) is 4.74 Å². The average Bonchev–Trinajstić information content (AvgIpc) is 2.36. The first-order valence-corrected chi connectivity index (χ1v) is 6.25. The van der Waals surface area contributed by atoms with E-state index in [-0.39, 0.29) is 36.7 Å². The van der Waals surface area contributed by atoms with E-state index in [2.05, 4.69) is 0 Å². The summed E-state index contributed by atoms with van der Waals surface area (Å²) in [5.74, 6) is -3.54. The quantitative estimate of drug-likeness (QED) is 0.778. The van der Waals surface area contributed by atoms with Crippen LogP contribution in [-0.2, 0) is 0 Å². The molecule has 1 unspecified atom stereocenters. The van der Waals surface area contributed by atoms with Crippen molar-refractivity contribution in [2.75, 3.05) is 6.61 Å². The number of hydrogen-bond donors (Lipinski definition) is 0. The van der Waals surface area contributed by atoms with Gasteiger partial charge in [0.25, 0.3) is 0 Å². The average molecular weight is 272 g/mol. The van der Waals surface area contributed by atoms with Crippen LogP contribution in [0.25, 0.3) is 0 Å². The Morgan fingerprint density at radius 1 is 1.42 bits per heavy atom. The van der Waals surface area contributed by atoms with Gasteiger partial charge in [0.2, 0.25) is 5.92 Å². The summed E-state index contributed by atoms with van der Waals surface area (Å²) in [7, 11) is 0. The predicted octanol–water partition coefficient (Wildman–Crippen LogP) is 3.84. The molecule has 2 rings (SSSR count). The Morgan fingerprint density at radius 3 is 2.84 bits per heavy atom. The fraction of sp³-hybridized carbons (Fsp3) is 0.500. The number of benzene rings is 1.